The van der Waals surface area contributed by atoms with Gasteiger partial charge in [0.1, 0.15) is 0 Å². The van der Waals surface area contributed by atoms with E-state index in [0.717, 1.165) is 25.7 Å². The van der Waals surface area contributed by atoms with Crippen LogP contribution in [0.5, 0.6) is 0 Å². The summed E-state index contributed by atoms with van der Waals surface area (Å²) in [7, 11) is 0. The van der Waals surface area contributed by atoms with Crippen LogP contribution in [0.15, 0.2) is 48.6 Å². The van der Waals surface area contributed by atoms with Gasteiger partial charge >= 0.3 is 0 Å². The van der Waals surface area contributed by atoms with Crippen LogP contribution < -0.4 is 0 Å². The van der Waals surface area contributed by atoms with Gasteiger partial charge in [-0.1, -0.05) is 104 Å². The molecule has 0 aliphatic carbocycles. The number of unbranched alkanes of at least 4 members (excludes halogenated alkanes) is 17. The van der Waals surface area contributed by atoms with Crippen LogP contribution >= 0.6 is 22.6 Å². The first-order valence-corrected chi connectivity index (χ1v) is 20.4. The van der Waals surface area contributed by atoms with Gasteiger partial charge in [0.25, 0.3) is 0 Å². The fourth-order valence-electron chi connectivity index (χ4n) is 5.82. The van der Waals surface area contributed by atoms with E-state index in [2.05, 4.69) is 78.1 Å². The molecule has 1 saturated heterocycles. The Hall–Kier alpha value is -0.430. The molecule has 2 atom stereocenters. The molecule has 1 aliphatic heterocycles. The van der Waals surface area contributed by atoms with Crippen molar-refractivity contribution in [1.29, 1.82) is 0 Å². The summed E-state index contributed by atoms with van der Waals surface area (Å²) in [5.74, 6) is -0.417. The van der Waals surface area contributed by atoms with Crippen molar-refractivity contribution in [2.24, 2.45) is 0 Å². The van der Waals surface area contributed by atoms with E-state index in [0.29, 0.717) is 13.0 Å². The van der Waals surface area contributed by atoms with Crippen molar-refractivity contribution in [3.8, 4) is 0 Å². The van der Waals surface area contributed by atoms with Gasteiger partial charge in [-0.3, -0.25) is 0 Å². The van der Waals surface area contributed by atoms with Crippen LogP contribution in [0.4, 0.5) is 0 Å². The lowest BCUT2D eigenvalue weighted by Crippen LogP contribution is -2.31. The number of hydrogen-bond acceptors (Lipinski definition) is 3. The molecule has 0 aromatic carbocycles. The van der Waals surface area contributed by atoms with Gasteiger partial charge in [-0.2, -0.15) is 0 Å². The lowest BCUT2D eigenvalue weighted by Gasteiger charge is -2.28. The summed E-state index contributed by atoms with van der Waals surface area (Å²) in [6.07, 6.45) is 50.7. The lowest BCUT2D eigenvalue weighted by atomic mass is 9.99. The van der Waals surface area contributed by atoms with Crippen molar-refractivity contribution in [3.05, 3.63) is 48.6 Å². The molecule has 256 valence electrons. The van der Waals surface area contributed by atoms with Crippen molar-refractivity contribution in [2.45, 2.75) is 186 Å². The number of ether oxygens (including phenoxy) is 2. The predicted octanol–water partition coefficient (Wildman–Crippen LogP) is 12.9. The standard InChI is InChI=1S/C40H71IO3/c1-2-3-4-5-6-7-8-9-10-12-15-18-21-24-27-30-34-40(43-38-39(44-40)33-37-42)35-31-28-25-22-19-16-13-11-14-17-20-23-26-29-32-36-41/h6-7,15-16,18-20,23,39,42H,2-5,8-14,17,21-22,24-38H2,1H3/b7-6-,18-15-,19-16-,23-20-/t39-,40?/m0/s1. The number of halogens is 1. The highest BCUT2D eigenvalue weighted by molar-refractivity contribution is 14.1. The molecule has 4 heteroatoms. The first kappa shape index (κ1) is 41.6. The van der Waals surface area contributed by atoms with Crippen molar-refractivity contribution < 1.29 is 14.6 Å². The Labute approximate surface area is 287 Å². The first-order chi connectivity index (χ1) is 21.8. The maximum Gasteiger partial charge on any atom is 0.168 e. The minimum absolute atomic E-state index is 0.0543. The molecule has 44 heavy (non-hydrogen) atoms. The fourth-order valence-corrected chi connectivity index (χ4v) is 6.36. The van der Waals surface area contributed by atoms with Gasteiger partial charge in [0.15, 0.2) is 5.79 Å². The molecule has 0 spiro atoms. The Morgan fingerprint density at radius 1 is 0.568 bits per heavy atom. The SMILES string of the molecule is CCCCC/C=C\CCCC/C=C\CCCCCC1(CCCCC/C=C\CCCC/C=C\CCCCI)OC[C@H](CCO)O1. The highest BCUT2D eigenvalue weighted by atomic mass is 127. The van der Waals surface area contributed by atoms with Crippen molar-refractivity contribution in [1.82, 2.24) is 0 Å². The summed E-state index contributed by atoms with van der Waals surface area (Å²) < 4.78 is 14.0. The van der Waals surface area contributed by atoms with Crippen molar-refractivity contribution in [3.63, 3.8) is 0 Å². The summed E-state index contributed by atoms with van der Waals surface area (Å²) in [6.45, 7) is 3.08. The third-order valence-electron chi connectivity index (χ3n) is 8.60. The number of aliphatic hydroxyl groups excluding tert-OH is 1. The number of hydrogen-bond donors (Lipinski definition) is 1. The molecule has 1 unspecified atom stereocenters. The molecule has 0 aromatic rings. The Balaban J connectivity index is 2.10. The highest BCUT2D eigenvalue weighted by Crippen LogP contribution is 2.35. The fraction of sp³-hybridized carbons (Fsp3) is 0.800. The predicted molar refractivity (Wildman–Crippen MR) is 202 cm³/mol. The minimum atomic E-state index is -0.417. The summed E-state index contributed by atoms with van der Waals surface area (Å²) in [6, 6.07) is 0. The second kappa shape index (κ2) is 32.5. The van der Waals surface area contributed by atoms with Gasteiger partial charge in [0.2, 0.25) is 0 Å². The van der Waals surface area contributed by atoms with E-state index in [9.17, 15) is 5.11 Å². The molecular weight excluding hydrogens is 655 g/mol. The first-order valence-electron chi connectivity index (χ1n) is 18.8. The second-order valence-electron chi connectivity index (χ2n) is 12.8. The zero-order valence-corrected chi connectivity index (χ0v) is 31.0. The molecule has 0 bridgehead atoms. The highest BCUT2D eigenvalue weighted by Gasteiger charge is 2.40. The normalized spacial score (nSPS) is 19.2. The molecule has 3 nitrogen and oxygen atoms in total. The van der Waals surface area contributed by atoms with E-state index in [1.165, 1.54) is 139 Å². The van der Waals surface area contributed by atoms with E-state index in [1.807, 2.05) is 0 Å². The average Bonchev–Trinajstić information content (AvgIpc) is 3.43. The Morgan fingerprint density at radius 3 is 1.34 bits per heavy atom. The summed E-state index contributed by atoms with van der Waals surface area (Å²) >= 11 is 2.46. The van der Waals surface area contributed by atoms with Gasteiger partial charge in [0.05, 0.1) is 12.7 Å². The van der Waals surface area contributed by atoms with Crippen LogP contribution in [-0.4, -0.2) is 34.6 Å². The zero-order chi connectivity index (χ0) is 31.7. The third-order valence-corrected chi connectivity index (χ3v) is 9.36. The lowest BCUT2D eigenvalue weighted by molar-refractivity contribution is -0.180. The Morgan fingerprint density at radius 2 is 0.955 bits per heavy atom. The molecule has 1 rings (SSSR count). The molecule has 0 radical (unpaired) electrons. The second-order valence-corrected chi connectivity index (χ2v) is 13.9. The number of alkyl halides is 1. The van der Waals surface area contributed by atoms with E-state index in [4.69, 9.17) is 9.47 Å². The molecule has 0 saturated carbocycles. The van der Waals surface area contributed by atoms with Crippen LogP contribution in [0, 0.1) is 0 Å². The molecule has 1 fully saturated rings. The topological polar surface area (TPSA) is 38.7 Å². The molecule has 0 aromatic heterocycles. The van der Waals surface area contributed by atoms with E-state index >= 15 is 0 Å². The summed E-state index contributed by atoms with van der Waals surface area (Å²) in [4.78, 5) is 0. The molecule has 1 aliphatic rings. The van der Waals surface area contributed by atoms with Crippen LogP contribution in [-0.2, 0) is 9.47 Å². The molecule has 1 N–H and O–H groups in total. The van der Waals surface area contributed by atoms with Gasteiger partial charge in [0, 0.05) is 19.4 Å². The Kier molecular flexibility index (Phi) is 30.7. The van der Waals surface area contributed by atoms with E-state index in [-0.39, 0.29) is 12.7 Å². The Bertz CT molecular complexity index is 665. The zero-order valence-electron chi connectivity index (χ0n) is 28.8. The molecule has 0 amide bonds. The largest absolute Gasteiger partial charge is 0.396 e. The van der Waals surface area contributed by atoms with Crippen LogP contribution in [0.25, 0.3) is 0 Å². The van der Waals surface area contributed by atoms with Gasteiger partial charge in [-0.15, -0.1) is 0 Å². The van der Waals surface area contributed by atoms with Crippen LogP contribution in [0.3, 0.4) is 0 Å². The van der Waals surface area contributed by atoms with Gasteiger partial charge < -0.3 is 14.6 Å². The number of allylic oxidation sites excluding steroid dienone is 8. The van der Waals surface area contributed by atoms with Gasteiger partial charge in [-0.25, -0.2) is 0 Å². The molecule has 1 heterocycles. The average molecular weight is 727 g/mol. The third kappa shape index (κ3) is 25.7. The van der Waals surface area contributed by atoms with Crippen LogP contribution in [0.2, 0.25) is 0 Å². The summed E-state index contributed by atoms with van der Waals surface area (Å²) in [5.41, 5.74) is 0. The minimum Gasteiger partial charge on any atom is -0.396 e. The van der Waals surface area contributed by atoms with E-state index < -0.39 is 5.79 Å². The number of aliphatic hydroxyl groups is 1. The molecular formula is C40H71IO3. The maximum atomic E-state index is 9.39. The van der Waals surface area contributed by atoms with E-state index in [1.54, 1.807) is 0 Å². The van der Waals surface area contributed by atoms with Crippen molar-refractivity contribution >= 4 is 22.6 Å². The van der Waals surface area contributed by atoms with Gasteiger partial charge in [-0.05, 0) is 133 Å². The summed E-state index contributed by atoms with van der Waals surface area (Å²) in [5, 5.41) is 9.39. The monoisotopic (exact) mass is 726 g/mol. The van der Waals surface area contributed by atoms with Crippen LogP contribution in [0.1, 0.15) is 174 Å². The number of rotatable bonds is 32. The smallest absolute Gasteiger partial charge is 0.168 e. The quantitative estimate of drug-likeness (QED) is 0.0325. The maximum absolute atomic E-state index is 9.39. The van der Waals surface area contributed by atoms with Crippen molar-refractivity contribution in [2.75, 3.05) is 17.6 Å².